The average Bonchev–Trinajstić information content (AvgIpc) is 2.53. The minimum atomic E-state index is -3.20. The van der Waals surface area contributed by atoms with Gasteiger partial charge in [-0.2, -0.15) is 0 Å². The van der Waals surface area contributed by atoms with Crippen LogP contribution in [-0.4, -0.2) is 49.6 Å². The highest BCUT2D eigenvalue weighted by atomic mass is 35.5. The molecule has 2 heterocycles. The van der Waals surface area contributed by atoms with Gasteiger partial charge in [0.15, 0.2) is 0 Å². The van der Waals surface area contributed by atoms with Crippen molar-refractivity contribution in [2.45, 2.75) is 38.3 Å². The fraction of sp³-hybridized carbons (Fsp3) is 0.600. The van der Waals surface area contributed by atoms with Crippen molar-refractivity contribution in [1.82, 2.24) is 14.6 Å². The fourth-order valence-corrected chi connectivity index (χ4v) is 3.36. The molecule has 1 atom stereocenters. The Morgan fingerprint density at radius 3 is 2.88 bits per heavy atom. The number of aromatic nitrogens is 1. The van der Waals surface area contributed by atoms with E-state index in [4.69, 9.17) is 5.73 Å². The quantitative estimate of drug-likeness (QED) is 0.767. The van der Waals surface area contributed by atoms with Crippen LogP contribution < -0.4 is 10.5 Å². The van der Waals surface area contributed by atoms with E-state index in [0.29, 0.717) is 37.3 Å². The second-order valence-electron chi connectivity index (χ2n) is 5.84. The van der Waals surface area contributed by atoms with Crippen molar-refractivity contribution in [3.8, 4) is 0 Å². The molecule has 0 saturated carbocycles. The second-order valence-corrected chi connectivity index (χ2v) is 7.68. The van der Waals surface area contributed by atoms with E-state index in [2.05, 4.69) is 9.71 Å². The Balaban J connectivity index is 0.00000288. The van der Waals surface area contributed by atoms with E-state index >= 15 is 0 Å². The van der Waals surface area contributed by atoms with E-state index in [1.165, 1.54) is 0 Å². The Morgan fingerprint density at radius 1 is 1.46 bits per heavy atom. The number of rotatable bonds is 6. The van der Waals surface area contributed by atoms with Crippen molar-refractivity contribution in [2.75, 3.05) is 19.3 Å². The predicted molar refractivity (Wildman–Crippen MR) is 95.5 cm³/mol. The van der Waals surface area contributed by atoms with Crippen molar-refractivity contribution >= 4 is 28.3 Å². The van der Waals surface area contributed by atoms with Gasteiger partial charge in [-0.05, 0) is 37.8 Å². The standard InChI is InChI=1S/C15H24N4O3S.ClH/c1-23(21,22)18-8-6-14-4-2-3-9-19(14)15(20)12-5-7-17-13(10-12)11-16;/h5,7,10,14,18H,2-4,6,8-9,11,16H2,1H3;1H. The Labute approximate surface area is 149 Å². The maximum absolute atomic E-state index is 12.8. The number of piperidine rings is 1. The van der Waals surface area contributed by atoms with Crippen LogP contribution >= 0.6 is 12.4 Å². The van der Waals surface area contributed by atoms with Crippen LogP contribution in [-0.2, 0) is 16.6 Å². The molecule has 24 heavy (non-hydrogen) atoms. The van der Waals surface area contributed by atoms with Crippen LogP contribution in [0.5, 0.6) is 0 Å². The second kappa shape index (κ2) is 9.31. The van der Waals surface area contributed by atoms with E-state index in [1.807, 2.05) is 4.90 Å². The molecule has 0 radical (unpaired) electrons. The molecule has 0 bridgehead atoms. The lowest BCUT2D eigenvalue weighted by atomic mass is 9.98. The minimum absolute atomic E-state index is 0. The van der Waals surface area contributed by atoms with Crippen LogP contribution in [0.3, 0.4) is 0 Å². The number of nitrogens with two attached hydrogens (primary N) is 1. The molecule has 1 saturated heterocycles. The molecule has 7 nitrogen and oxygen atoms in total. The monoisotopic (exact) mass is 376 g/mol. The first-order valence-corrected chi connectivity index (χ1v) is 9.70. The van der Waals surface area contributed by atoms with Crippen molar-refractivity contribution in [3.05, 3.63) is 29.6 Å². The number of hydrogen-bond donors (Lipinski definition) is 2. The Bertz CT molecular complexity index is 654. The summed E-state index contributed by atoms with van der Waals surface area (Å²) in [5.41, 5.74) is 6.85. The van der Waals surface area contributed by atoms with Crippen molar-refractivity contribution in [1.29, 1.82) is 0 Å². The molecule has 9 heteroatoms. The summed E-state index contributed by atoms with van der Waals surface area (Å²) in [5, 5.41) is 0. The van der Waals surface area contributed by atoms with E-state index in [-0.39, 0.29) is 24.4 Å². The molecule has 0 aliphatic carbocycles. The van der Waals surface area contributed by atoms with Gasteiger partial charge in [-0.15, -0.1) is 12.4 Å². The van der Waals surface area contributed by atoms with Crippen LogP contribution in [0, 0.1) is 0 Å². The van der Waals surface area contributed by atoms with Gasteiger partial charge in [0.05, 0.1) is 11.9 Å². The maximum atomic E-state index is 12.8. The van der Waals surface area contributed by atoms with Gasteiger partial charge in [-0.3, -0.25) is 9.78 Å². The maximum Gasteiger partial charge on any atom is 0.254 e. The van der Waals surface area contributed by atoms with Crippen LogP contribution in [0.1, 0.15) is 41.7 Å². The van der Waals surface area contributed by atoms with Crippen LogP contribution in [0.4, 0.5) is 0 Å². The van der Waals surface area contributed by atoms with Crippen molar-refractivity contribution < 1.29 is 13.2 Å². The number of carbonyl (C=O) groups excluding carboxylic acids is 1. The number of nitrogens with one attached hydrogen (secondary N) is 1. The molecular formula is C15H25ClN4O3S. The summed E-state index contributed by atoms with van der Waals surface area (Å²) in [6.07, 6.45) is 6.27. The first kappa shape index (κ1) is 20.8. The number of amides is 1. The number of sulfonamides is 1. The lowest BCUT2D eigenvalue weighted by Crippen LogP contribution is -2.45. The number of nitrogens with zero attached hydrogens (tertiary/aromatic N) is 2. The highest BCUT2D eigenvalue weighted by Crippen LogP contribution is 2.22. The molecule has 1 amide bonds. The molecule has 1 unspecified atom stereocenters. The van der Waals surface area contributed by atoms with Gasteiger partial charge in [0.25, 0.3) is 5.91 Å². The molecule has 1 fully saturated rings. The molecule has 136 valence electrons. The van der Waals surface area contributed by atoms with E-state index in [9.17, 15) is 13.2 Å². The van der Waals surface area contributed by atoms with Gasteiger partial charge < -0.3 is 10.6 Å². The topological polar surface area (TPSA) is 105 Å². The third-order valence-electron chi connectivity index (χ3n) is 4.00. The first-order chi connectivity index (χ1) is 10.9. The highest BCUT2D eigenvalue weighted by molar-refractivity contribution is 7.88. The largest absolute Gasteiger partial charge is 0.336 e. The van der Waals surface area contributed by atoms with Crippen molar-refractivity contribution in [2.24, 2.45) is 5.73 Å². The third kappa shape index (κ3) is 6.01. The van der Waals surface area contributed by atoms with Gasteiger partial charge in [0, 0.05) is 37.4 Å². The van der Waals surface area contributed by atoms with Gasteiger partial charge in [0.2, 0.25) is 10.0 Å². The first-order valence-electron chi connectivity index (χ1n) is 7.81. The normalized spacial score (nSPS) is 18.1. The van der Waals surface area contributed by atoms with Gasteiger partial charge >= 0.3 is 0 Å². The summed E-state index contributed by atoms with van der Waals surface area (Å²) < 4.78 is 24.8. The molecule has 1 aliphatic heterocycles. The summed E-state index contributed by atoms with van der Waals surface area (Å²) in [4.78, 5) is 18.7. The number of halogens is 1. The Morgan fingerprint density at radius 2 is 2.21 bits per heavy atom. The molecule has 2 rings (SSSR count). The number of hydrogen-bond acceptors (Lipinski definition) is 5. The molecule has 1 aliphatic rings. The SMILES string of the molecule is CS(=O)(=O)NCCC1CCCCN1C(=O)c1ccnc(CN)c1.Cl. The number of pyridine rings is 1. The smallest absolute Gasteiger partial charge is 0.254 e. The van der Waals surface area contributed by atoms with Crippen LogP contribution in [0.2, 0.25) is 0 Å². The molecule has 3 N–H and O–H groups in total. The zero-order valence-electron chi connectivity index (χ0n) is 13.8. The third-order valence-corrected chi connectivity index (χ3v) is 4.73. The Kier molecular flexibility index (Phi) is 8.08. The predicted octanol–water partition coefficient (Wildman–Crippen LogP) is 0.896. The lowest BCUT2D eigenvalue weighted by molar-refractivity contribution is 0.0603. The summed E-state index contributed by atoms with van der Waals surface area (Å²) >= 11 is 0. The van der Waals surface area contributed by atoms with Gasteiger partial charge in [-0.25, -0.2) is 13.1 Å². The summed E-state index contributed by atoms with van der Waals surface area (Å²) in [6.45, 7) is 1.34. The fourth-order valence-electron chi connectivity index (χ4n) is 2.87. The number of carbonyl (C=O) groups is 1. The van der Waals surface area contributed by atoms with Gasteiger partial charge in [-0.1, -0.05) is 0 Å². The van der Waals surface area contributed by atoms with Crippen LogP contribution in [0.15, 0.2) is 18.3 Å². The highest BCUT2D eigenvalue weighted by Gasteiger charge is 2.27. The number of likely N-dealkylation sites (tertiary alicyclic amines) is 1. The van der Waals surface area contributed by atoms with E-state index < -0.39 is 10.0 Å². The molecular weight excluding hydrogens is 352 g/mol. The van der Waals surface area contributed by atoms with E-state index in [1.54, 1.807) is 18.3 Å². The molecule has 1 aromatic heterocycles. The summed E-state index contributed by atoms with van der Waals surface area (Å²) in [7, 11) is -3.20. The van der Waals surface area contributed by atoms with E-state index in [0.717, 1.165) is 25.5 Å². The molecule has 0 aromatic carbocycles. The van der Waals surface area contributed by atoms with Crippen molar-refractivity contribution in [3.63, 3.8) is 0 Å². The van der Waals surface area contributed by atoms with Crippen LogP contribution in [0.25, 0.3) is 0 Å². The zero-order chi connectivity index (χ0) is 16.9. The summed E-state index contributed by atoms with van der Waals surface area (Å²) in [5.74, 6) is -0.0360. The molecule has 0 spiro atoms. The molecule has 1 aromatic rings. The zero-order valence-corrected chi connectivity index (χ0v) is 15.4. The summed E-state index contributed by atoms with van der Waals surface area (Å²) in [6, 6.07) is 3.48. The minimum Gasteiger partial charge on any atom is -0.336 e. The average molecular weight is 377 g/mol. The Hall–Kier alpha value is -1.22. The van der Waals surface area contributed by atoms with Gasteiger partial charge in [0.1, 0.15) is 0 Å². The lowest BCUT2D eigenvalue weighted by Gasteiger charge is -2.36.